The number of nitrogens with zero attached hydrogens (tertiary/aromatic N) is 1. The van der Waals surface area contributed by atoms with Gasteiger partial charge in [0.15, 0.2) is 5.15 Å². The summed E-state index contributed by atoms with van der Waals surface area (Å²) in [6, 6.07) is 1.21. The molecule has 7 heteroatoms. The number of aromatic nitrogens is 1. The summed E-state index contributed by atoms with van der Waals surface area (Å²) in [5.74, 6) is -1.16. The van der Waals surface area contributed by atoms with Crippen LogP contribution in [-0.2, 0) is 4.74 Å². The molecule has 0 radical (unpaired) electrons. The van der Waals surface area contributed by atoms with E-state index in [9.17, 15) is 9.59 Å². The molecule has 0 atom stereocenters. The van der Waals surface area contributed by atoms with E-state index in [4.69, 9.17) is 21.4 Å². The summed E-state index contributed by atoms with van der Waals surface area (Å²) in [4.78, 5) is 25.9. The normalized spacial score (nSPS) is 10.9. The van der Waals surface area contributed by atoms with Gasteiger partial charge in [-0.05, 0) is 26.8 Å². The standard InChI is InChI=1S/C11H13ClN2O4/c1-11(2,3)18-10(17)14-7-4-6(9(15)16)5-13-8(7)12/h4-5H,1-3H3,(H,14,17)(H,15,16). The predicted molar refractivity (Wildman–Crippen MR) is 66.1 cm³/mol. The van der Waals surface area contributed by atoms with Gasteiger partial charge >= 0.3 is 12.1 Å². The molecule has 0 spiro atoms. The fourth-order valence-electron chi connectivity index (χ4n) is 1.07. The number of carboxylic acid groups (broad SMARTS) is 1. The Morgan fingerprint density at radius 2 is 2.06 bits per heavy atom. The number of ether oxygens (including phenoxy) is 1. The van der Waals surface area contributed by atoms with Crippen LogP contribution in [0.15, 0.2) is 12.3 Å². The summed E-state index contributed by atoms with van der Waals surface area (Å²) in [6.45, 7) is 5.13. The van der Waals surface area contributed by atoms with Crippen LogP contribution in [0.25, 0.3) is 0 Å². The van der Waals surface area contributed by atoms with Crippen LogP contribution < -0.4 is 5.32 Å². The molecule has 0 aliphatic carbocycles. The molecule has 1 rings (SSSR count). The quantitative estimate of drug-likeness (QED) is 0.808. The van der Waals surface area contributed by atoms with Gasteiger partial charge in [-0.1, -0.05) is 11.6 Å². The molecule has 0 aliphatic heterocycles. The van der Waals surface area contributed by atoms with Gasteiger partial charge in [0.25, 0.3) is 0 Å². The van der Waals surface area contributed by atoms with E-state index in [1.165, 1.54) is 6.07 Å². The smallest absolute Gasteiger partial charge is 0.412 e. The molecule has 6 nitrogen and oxygen atoms in total. The highest BCUT2D eigenvalue weighted by molar-refractivity contribution is 6.32. The van der Waals surface area contributed by atoms with Crippen LogP contribution in [0.4, 0.5) is 10.5 Å². The first-order valence-electron chi connectivity index (χ1n) is 5.08. The highest BCUT2D eigenvalue weighted by Gasteiger charge is 2.18. The number of aromatic carboxylic acids is 1. The van der Waals surface area contributed by atoms with Gasteiger partial charge in [0, 0.05) is 6.20 Å². The van der Waals surface area contributed by atoms with Crippen LogP contribution in [0.3, 0.4) is 0 Å². The summed E-state index contributed by atoms with van der Waals surface area (Å²) in [5, 5.41) is 11.1. The SMILES string of the molecule is CC(C)(C)OC(=O)Nc1cc(C(=O)O)cnc1Cl. The van der Waals surface area contributed by atoms with Crippen molar-refractivity contribution in [3.8, 4) is 0 Å². The van der Waals surface area contributed by atoms with E-state index in [-0.39, 0.29) is 16.4 Å². The van der Waals surface area contributed by atoms with Crippen LogP contribution in [0, 0.1) is 0 Å². The van der Waals surface area contributed by atoms with Crippen molar-refractivity contribution in [2.24, 2.45) is 0 Å². The number of anilines is 1. The third-order valence-electron chi connectivity index (χ3n) is 1.72. The number of nitrogens with one attached hydrogen (secondary N) is 1. The van der Waals surface area contributed by atoms with E-state index in [0.29, 0.717) is 0 Å². The van der Waals surface area contributed by atoms with E-state index in [1.807, 2.05) is 0 Å². The maximum atomic E-state index is 11.5. The average molecular weight is 273 g/mol. The number of carboxylic acids is 1. The fraction of sp³-hybridized carbons (Fsp3) is 0.364. The van der Waals surface area contributed by atoms with Gasteiger partial charge in [0.1, 0.15) is 5.60 Å². The molecule has 0 aliphatic rings. The van der Waals surface area contributed by atoms with Crippen molar-refractivity contribution < 1.29 is 19.4 Å². The molecule has 0 bridgehead atoms. The molecular formula is C11H13ClN2O4. The zero-order valence-electron chi connectivity index (χ0n) is 10.2. The van der Waals surface area contributed by atoms with Gasteiger partial charge in [0.2, 0.25) is 0 Å². The number of halogens is 1. The summed E-state index contributed by atoms with van der Waals surface area (Å²) in [6.07, 6.45) is 0.374. The number of hydrogen-bond acceptors (Lipinski definition) is 4. The van der Waals surface area contributed by atoms with E-state index in [0.717, 1.165) is 6.20 Å². The molecular weight excluding hydrogens is 260 g/mol. The highest BCUT2D eigenvalue weighted by Crippen LogP contribution is 2.21. The van der Waals surface area contributed by atoms with Crippen molar-refractivity contribution in [3.63, 3.8) is 0 Å². The summed E-state index contributed by atoms with van der Waals surface area (Å²) in [5.41, 5.74) is -0.648. The minimum Gasteiger partial charge on any atom is -0.478 e. The second kappa shape index (κ2) is 5.22. The summed E-state index contributed by atoms with van der Waals surface area (Å²) < 4.78 is 5.01. The summed E-state index contributed by atoms with van der Waals surface area (Å²) in [7, 11) is 0. The Morgan fingerprint density at radius 3 is 2.56 bits per heavy atom. The maximum Gasteiger partial charge on any atom is 0.412 e. The number of rotatable bonds is 2. The van der Waals surface area contributed by atoms with Crippen molar-refractivity contribution >= 4 is 29.4 Å². The third-order valence-corrected chi connectivity index (χ3v) is 2.02. The van der Waals surface area contributed by atoms with E-state index < -0.39 is 17.7 Å². The van der Waals surface area contributed by atoms with Gasteiger partial charge in [0.05, 0.1) is 11.3 Å². The Bertz CT molecular complexity index is 482. The van der Waals surface area contributed by atoms with Crippen LogP contribution in [0.1, 0.15) is 31.1 Å². The Hall–Kier alpha value is -1.82. The molecule has 0 saturated carbocycles. The molecule has 2 N–H and O–H groups in total. The maximum absolute atomic E-state index is 11.5. The predicted octanol–water partition coefficient (Wildman–Crippen LogP) is 2.78. The molecule has 1 aromatic rings. The van der Waals surface area contributed by atoms with Crippen molar-refractivity contribution in [2.75, 3.05) is 5.32 Å². The zero-order chi connectivity index (χ0) is 13.9. The van der Waals surface area contributed by atoms with Gasteiger partial charge < -0.3 is 9.84 Å². The number of carbonyl (C=O) groups excluding carboxylic acids is 1. The molecule has 1 amide bonds. The Balaban J connectivity index is 2.87. The Labute approximate surface area is 109 Å². The number of carbonyl (C=O) groups is 2. The lowest BCUT2D eigenvalue weighted by Gasteiger charge is -2.19. The highest BCUT2D eigenvalue weighted by atomic mass is 35.5. The summed E-state index contributed by atoms with van der Waals surface area (Å²) >= 11 is 5.74. The van der Waals surface area contributed by atoms with Crippen molar-refractivity contribution in [2.45, 2.75) is 26.4 Å². The second-order valence-corrected chi connectivity index (χ2v) is 4.85. The van der Waals surface area contributed by atoms with Gasteiger partial charge in [-0.2, -0.15) is 0 Å². The van der Waals surface area contributed by atoms with Gasteiger partial charge in [-0.3, -0.25) is 5.32 Å². The third kappa shape index (κ3) is 4.21. The largest absolute Gasteiger partial charge is 0.478 e. The molecule has 0 unspecified atom stereocenters. The first-order valence-corrected chi connectivity index (χ1v) is 5.45. The molecule has 18 heavy (non-hydrogen) atoms. The van der Waals surface area contributed by atoms with E-state index in [2.05, 4.69) is 10.3 Å². The Kier molecular flexibility index (Phi) is 4.13. The molecule has 0 fully saturated rings. The number of hydrogen-bond donors (Lipinski definition) is 2. The zero-order valence-corrected chi connectivity index (χ0v) is 10.9. The lowest BCUT2D eigenvalue weighted by Crippen LogP contribution is -2.27. The van der Waals surface area contributed by atoms with Crippen molar-refractivity contribution in [1.82, 2.24) is 4.98 Å². The topological polar surface area (TPSA) is 88.5 Å². The van der Waals surface area contributed by atoms with Gasteiger partial charge in [-0.15, -0.1) is 0 Å². The molecule has 1 aromatic heterocycles. The second-order valence-electron chi connectivity index (χ2n) is 4.49. The molecule has 1 heterocycles. The monoisotopic (exact) mass is 272 g/mol. The lowest BCUT2D eigenvalue weighted by molar-refractivity contribution is 0.0632. The molecule has 98 valence electrons. The Morgan fingerprint density at radius 1 is 1.44 bits per heavy atom. The van der Waals surface area contributed by atoms with Crippen LogP contribution in [0.2, 0.25) is 5.15 Å². The number of pyridine rings is 1. The first-order chi connectivity index (χ1) is 8.19. The lowest BCUT2D eigenvalue weighted by atomic mass is 10.2. The minimum absolute atomic E-state index is 0.00846. The van der Waals surface area contributed by atoms with Crippen LogP contribution >= 0.6 is 11.6 Å². The fourth-order valence-corrected chi connectivity index (χ4v) is 1.22. The molecule has 0 aromatic carbocycles. The van der Waals surface area contributed by atoms with E-state index in [1.54, 1.807) is 20.8 Å². The van der Waals surface area contributed by atoms with Crippen molar-refractivity contribution in [1.29, 1.82) is 0 Å². The first kappa shape index (κ1) is 14.2. The molecule has 0 saturated heterocycles. The minimum atomic E-state index is -1.16. The van der Waals surface area contributed by atoms with Crippen molar-refractivity contribution in [3.05, 3.63) is 23.0 Å². The van der Waals surface area contributed by atoms with Crippen LogP contribution in [-0.4, -0.2) is 27.8 Å². The number of amides is 1. The van der Waals surface area contributed by atoms with Gasteiger partial charge in [-0.25, -0.2) is 14.6 Å². The average Bonchev–Trinajstić information content (AvgIpc) is 2.18. The van der Waals surface area contributed by atoms with Crippen LogP contribution in [0.5, 0.6) is 0 Å². The van der Waals surface area contributed by atoms with E-state index >= 15 is 0 Å².